The summed E-state index contributed by atoms with van der Waals surface area (Å²) in [5.41, 5.74) is 1.81. The van der Waals surface area contributed by atoms with Gasteiger partial charge in [-0.2, -0.15) is 0 Å². The summed E-state index contributed by atoms with van der Waals surface area (Å²) in [5, 5.41) is 14.3. The highest BCUT2D eigenvalue weighted by atomic mass is 16.6. The summed E-state index contributed by atoms with van der Waals surface area (Å²) in [6.45, 7) is 3.98. The first-order valence-corrected chi connectivity index (χ1v) is 6.60. The predicted octanol–water partition coefficient (Wildman–Crippen LogP) is 3.89. The van der Waals surface area contributed by atoms with Crippen LogP contribution in [0.4, 0.5) is 11.4 Å². The standard InChI is InChI=1S/C14H20N2O2/c1-10-13(8-5-9-14(10)16(17)18)15-11(2)12-6-3-4-7-12/h5,8-9,11-12,15H,3-4,6-7H2,1-2H3. The summed E-state index contributed by atoms with van der Waals surface area (Å²) < 4.78 is 0. The topological polar surface area (TPSA) is 55.2 Å². The van der Waals surface area contributed by atoms with Gasteiger partial charge < -0.3 is 5.32 Å². The molecule has 0 spiro atoms. The summed E-state index contributed by atoms with van der Waals surface area (Å²) >= 11 is 0. The van der Waals surface area contributed by atoms with E-state index in [0.717, 1.165) is 11.3 Å². The zero-order valence-corrected chi connectivity index (χ0v) is 11.0. The van der Waals surface area contributed by atoms with E-state index in [4.69, 9.17) is 0 Å². The Morgan fingerprint density at radius 1 is 1.39 bits per heavy atom. The molecule has 1 saturated carbocycles. The average molecular weight is 248 g/mol. The van der Waals surface area contributed by atoms with E-state index in [1.54, 1.807) is 12.1 Å². The van der Waals surface area contributed by atoms with Crippen LogP contribution < -0.4 is 5.32 Å². The molecule has 0 heterocycles. The molecule has 0 amide bonds. The van der Waals surface area contributed by atoms with Crippen LogP contribution in [-0.4, -0.2) is 11.0 Å². The van der Waals surface area contributed by atoms with Gasteiger partial charge in [0.25, 0.3) is 5.69 Å². The lowest BCUT2D eigenvalue weighted by atomic mass is 9.99. The van der Waals surface area contributed by atoms with E-state index in [-0.39, 0.29) is 10.6 Å². The van der Waals surface area contributed by atoms with Gasteiger partial charge in [-0.3, -0.25) is 10.1 Å². The van der Waals surface area contributed by atoms with Gasteiger partial charge in [0.05, 0.1) is 4.92 Å². The van der Waals surface area contributed by atoms with Crippen LogP contribution in [0.3, 0.4) is 0 Å². The Morgan fingerprint density at radius 2 is 2.06 bits per heavy atom. The molecule has 1 aliphatic carbocycles. The average Bonchev–Trinajstić information content (AvgIpc) is 2.85. The molecule has 98 valence electrons. The molecule has 1 aromatic rings. The number of nitro benzene ring substituents is 1. The molecule has 4 nitrogen and oxygen atoms in total. The first-order chi connectivity index (χ1) is 8.59. The van der Waals surface area contributed by atoms with Gasteiger partial charge in [0.2, 0.25) is 0 Å². The van der Waals surface area contributed by atoms with E-state index in [2.05, 4.69) is 12.2 Å². The maximum absolute atomic E-state index is 10.9. The third kappa shape index (κ3) is 2.63. The molecule has 1 N–H and O–H groups in total. The lowest BCUT2D eigenvalue weighted by molar-refractivity contribution is -0.385. The first-order valence-electron chi connectivity index (χ1n) is 6.60. The summed E-state index contributed by atoms with van der Waals surface area (Å²) in [5.74, 6) is 0.698. The molecule has 1 fully saturated rings. The van der Waals surface area contributed by atoms with Crippen LogP contribution in [0.1, 0.15) is 38.2 Å². The number of benzene rings is 1. The minimum Gasteiger partial charge on any atom is -0.382 e. The molecule has 1 aromatic carbocycles. The van der Waals surface area contributed by atoms with E-state index in [1.807, 2.05) is 13.0 Å². The Balaban J connectivity index is 2.13. The van der Waals surface area contributed by atoms with Gasteiger partial charge in [-0.25, -0.2) is 0 Å². The van der Waals surface area contributed by atoms with E-state index in [9.17, 15) is 10.1 Å². The van der Waals surface area contributed by atoms with Crippen LogP contribution >= 0.6 is 0 Å². The van der Waals surface area contributed by atoms with Crippen LogP contribution in [0.2, 0.25) is 0 Å². The largest absolute Gasteiger partial charge is 0.382 e. The highest BCUT2D eigenvalue weighted by Crippen LogP contribution is 2.31. The van der Waals surface area contributed by atoms with Crippen molar-refractivity contribution >= 4 is 11.4 Å². The van der Waals surface area contributed by atoms with Gasteiger partial charge >= 0.3 is 0 Å². The molecule has 1 atom stereocenters. The van der Waals surface area contributed by atoms with Crippen molar-refractivity contribution in [3.8, 4) is 0 Å². The molecule has 1 aliphatic rings. The summed E-state index contributed by atoms with van der Waals surface area (Å²) in [4.78, 5) is 10.6. The third-order valence-electron chi connectivity index (χ3n) is 3.99. The molecule has 1 unspecified atom stereocenters. The van der Waals surface area contributed by atoms with E-state index in [1.165, 1.54) is 25.7 Å². The van der Waals surface area contributed by atoms with Gasteiger partial charge in [0, 0.05) is 23.4 Å². The van der Waals surface area contributed by atoms with Crippen molar-refractivity contribution in [1.82, 2.24) is 0 Å². The fourth-order valence-corrected chi connectivity index (χ4v) is 2.80. The van der Waals surface area contributed by atoms with Crippen molar-refractivity contribution in [2.75, 3.05) is 5.32 Å². The lowest BCUT2D eigenvalue weighted by Gasteiger charge is -2.22. The maximum atomic E-state index is 10.9. The fraction of sp³-hybridized carbons (Fsp3) is 0.571. The Bertz CT molecular complexity index is 439. The Hall–Kier alpha value is -1.58. The maximum Gasteiger partial charge on any atom is 0.274 e. The number of rotatable bonds is 4. The van der Waals surface area contributed by atoms with Crippen molar-refractivity contribution in [3.63, 3.8) is 0 Å². The minimum absolute atomic E-state index is 0.193. The third-order valence-corrected chi connectivity index (χ3v) is 3.99. The predicted molar refractivity (Wildman–Crippen MR) is 72.9 cm³/mol. The Labute approximate surface area is 108 Å². The molecule has 18 heavy (non-hydrogen) atoms. The number of anilines is 1. The number of hydrogen-bond acceptors (Lipinski definition) is 3. The fourth-order valence-electron chi connectivity index (χ4n) is 2.80. The summed E-state index contributed by atoms with van der Waals surface area (Å²) in [6, 6.07) is 5.61. The SMILES string of the molecule is Cc1c(NC(C)C2CCCC2)cccc1[N+](=O)[O-]. The van der Waals surface area contributed by atoms with Crippen molar-refractivity contribution in [2.45, 2.75) is 45.6 Å². The molecule has 0 radical (unpaired) electrons. The van der Waals surface area contributed by atoms with Crippen molar-refractivity contribution in [1.29, 1.82) is 0 Å². The molecule has 2 rings (SSSR count). The van der Waals surface area contributed by atoms with Crippen molar-refractivity contribution < 1.29 is 4.92 Å². The first kappa shape index (κ1) is 12.9. The van der Waals surface area contributed by atoms with Crippen LogP contribution in [0.15, 0.2) is 18.2 Å². The second-order valence-electron chi connectivity index (χ2n) is 5.18. The van der Waals surface area contributed by atoms with Crippen LogP contribution in [-0.2, 0) is 0 Å². The molecule has 4 heteroatoms. The molecular weight excluding hydrogens is 228 g/mol. The van der Waals surface area contributed by atoms with Crippen LogP contribution in [0, 0.1) is 23.0 Å². The molecule has 0 saturated heterocycles. The molecular formula is C14H20N2O2. The van der Waals surface area contributed by atoms with Crippen LogP contribution in [0.25, 0.3) is 0 Å². The highest BCUT2D eigenvalue weighted by molar-refractivity contribution is 5.60. The van der Waals surface area contributed by atoms with Gasteiger partial charge in [-0.05, 0) is 38.7 Å². The lowest BCUT2D eigenvalue weighted by Crippen LogP contribution is -2.24. The molecule has 0 aliphatic heterocycles. The second-order valence-corrected chi connectivity index (χ2v) is 5.18. The molecule has 0 bridgehead atoms. The number of nitrogens with one attached hydrogen (secondary N) is 1. The van der Waals surface area contributed by atoms with Gasteiger partial charge in [0.1, 0.15) is 0 Å². The zero-order valence-electron chi connectivity index (χ0n) is 11.0. The van der Waals surface area contributed by atoms with E-state index >= 15 is 0 Å². The van der Waals surface area contributed by atoms with Crippen LogP contribution in [0.5, 0.6) is 0 Å². The summed E-state index contributed by atoms with van der Waals surface area (Å²) in [7, 11) is 0. The van der Waals surface area contributed by atoms with Gasteiger partial charge in [-0.1, -0.05) is 18.9 Å². The van der Waals surface area contributed by atoms with Crippen molar-refractivity contribution in [2.24, 2.45) is 5.92 Å². The highest BCUT2D eigenvalue weighted by Gasteiger charge is 2.22. The van der Waals surface area contributed by atoms with Gasteiger partial charge in [0.15, 0.2) is 0 Å². The minimum atomic E-state index is -0.319. The zero-order chi connectivity index (χ0) is 13.1. The van der Waals surface area contributed by atoms with Crippen molar-refractivity contribution in [3.05, 3.63) is 33.9 Å². The quantitative estimate of drug-likeness (QED) is 0.649. The monoisotopic (exact) mass is 248 g/mol. The number of nitro groups is 1. The Morgan fingerprint density at radius 3 is 2.67 bits per heavy atom. The number of nitrogens with zero attached hydrogens (tertiary/aromatic N) is 1. The molecule has 0 aromatic heterocycles. The normalized spacial score (nSPS) is 17.7. The van der Waals surface area contributed by atoms with Gasteiger partial charge in [-0.15, -0.1) is 0 Å². The smallest absolute Gasteiger partial charge is 0.274 e. The Kier molecular flexibility index (Phi) is 3.84. The second kappa shape index (κ2) is 5.38. The number of hydrogen-bond donors (Lipinski definition) is 1. The van der Waals surface area contributed by atoms with E-state index in [0.29, 0.717) is 12.0 Å². The van der Waals surface area contributed by atoms with E-state index < -0.39 is 0 Å². The summed E-state index contributed by atoms with van der Waals surface area (Å²) in [6.07, 6.45) is 5.15.